The van der Waals surface area contributed by atoms with Crippen LogP contribution in [0.4, 0.5) is 5.69 Å². The van der Waals surface area contributed by atoms with Gasteiger partial charge in [0, 0.05) is 18.9 Å². The highest BCUT2D eigenvalue weighted by Gasteiger charge is 2.03. The van der Waals surface area contributed by atoms with Crippen LogP contribution < -0.4 is 5.32 Å². The third kappa shape index (κ3) is 2.67. The summed E-state index contributed by atoms with van der Waals surface area (Å²) in [6, 6.07) is 10.0. The fourth-order valence-corrected chi connectivity index (χ4v) is 1.80. The number of pyridine rings is 1. The summed E-state index contributed by atoms with van der Waals surface area (Å²) in [5, 5.41) is 12.4. The monoisotopic (exact) mass is 237 g/mol. The van der Waals surface area contributed by atoms with Gasteiger partial charge in [-0.3, -0.25) is 4.98 Å². The van der Waals surface area contributed by atoms with Crippen molar-refractivity contribution in [1.82, 2.24) is 4.98 Å². The molecule has 1 heterocycles. The second-order valence-corrected chi connectivity index (χ2v) is 4.32. The lowest BCUT2D eigenvalue weighted by Gasteiger charge is -2.10. The lowest BCUT2D eigenvalue weighted by molar-refractivity contribution is 1.09. The van der Waals surface area contributed by atoms with Gasteiger partial charge >= 0.3 is 0 Å². The average molecular weight is 237 g/mol. The molecule has 0 spiro atoms. The maximum Gasteiger partial charge on any atom is 0.101 e. The molecule has 1 aromatic carbocycles. The third-order valence-electron chi connectivity index (χ3n) is 2.90. The molecule has 0 atom stereocenters. The summed E-state index contributed by atoms with van der Waals surface area (Å²) >= 11 is 0. The van der Waals surface area contributed by atoms with E-state index in [-0.39, 0.29) is 0 Å². The van der Waals surface area contributed by atoms with E-state index >= 15 is 0 Å². The molecule has 0 unspecified atom stereocenters. The molecule has 0 aliphatic rings. The molecule has 0 radical (unpaired) electrons. The van der Waals surface area contributed by atoms with Crippen molar-refractivity contribution in [2.24, 2.45) is 0 Å². The number of aryl methyl sites for hydroxylation is 2. The first kappa shape index (κ1) is 12.1. The Balaban J connectivity index is 2.16. The van der Waals surface area contributed by atoms with Crippen molar-refractivity contribution in [3.05, 3.63) is 58.9 Å². The van der Waals surface area contributed by atoms with Crippen molar-refractivity contribution in [2.75, 3.05) is 5.32 Å². The number of nitrogens with one attached hydrogen (secondary N) is 1. The van der Waals surface area contributed by atoms with Crippen molar-refractivity contribution < 1.29 is 0 Å². The zero-order valence-electron chi connectivity index (χ0n) is 10.6. The molecule has 0 fully saturated rings. The van der Waals surface area contributed by atoms with E-state index in [0.29, 0.717) is 12.1 Å². The number of benzene rings is 1. The number of rotatable bonds is 3. The molecular weight excluding hydrogens is 222 g/mol. The van der Waals surface area contributed by atoms with Gasteiger partial charge in [0.1, 0.15) is 6.07 Å². The molecule has 0 saturated carbocycles. The van der Waals surface area contributed by atoms with Gasteiger partial charge in [-0.15, -0.1) is 0 Å². The molecule has 0 amide bonds. The predicted molar refractivity (Wildman–Crippen MR) is 72.2 cm³/mol. The Labute approximate surface area is 107 Å². The summed E-state index contributed by atoms with van der Waals surface area (Å²) in [5.41, 5.74) is 4.99. The van der Waals surface area contributed by atoms with Crippen molar-refractivity contribution in [3.63, 3.8) is 0 Å². The Morgan fingerprint density at radius 2 is 2.11 bits per heavy atom. The SMILES string of the molecule is Cc1ccc(NCc2ccncc2C)c(C#N)c1. The van der Waals surface area contributed by atoms with E-state index in [1.54, 1.807) is 6.20 Å². The van der Waals surface area contributed by atoms with Crippen LogP contribution in [0.1, 0.15) is 22.3 Å². The number of nitriles is 1. The maximum atomic E-state index is 9.09. The van der Waals surface area contributed by atoms with Gasteiger partial charge in [-0.25, -0.2) is 0 Å². The van der Waals surface area contributed by atoms with E-state index in [1.807, 2.05) is 44.3 Å². The lowest BCUT2D eigenvalue weighted by Crippen LogP contribution is -2.03. The average Bonchev–Trinajstić information content (AvgIpc) is 2.39. The summed E-state index contributed by atoms with van der Waals surface area (Å²) in [7, 11) is 0. The molecule has 3 heteroatoms. The highest BCUT2D eigenvalue weighted by molar-refractivity contribution is 5.58. The van der Waals surface area contributed by atoms with Gasteiger partial charge in [-0.2, -0.15) is 5.26 Å². The van der Waals surface area contributed by atoms with Crippen LogP contribution in [0.3, 0.4) is 0 Å². The number of anilines is 1. The van der Waals surface area contributed by atoms with E-state index in [2.05, 4.69) is 16.4 Å². The molecule has 90 valence electrons. The van der Waals surface area contributed by atoms with Gasteiger partial charge in [-0.1, -0.05) is 6.07 Å². The maximum absolute atomic E-state index is 9.09. The summed E-state index contributed by atoms with van der Waals surface area (Å²) in [5.74, 6) is 0. The van der Waals surface area contributed by atoms with Gasteiger partial charge < -0.3 is 5.32 Å². The highest BCUT2D eigenvalue weighted by atomic mass is 14.9. The van der Waals surface area contributed by atoms with E-state index < -0.39 is 0 Å². The van der Waals surface area contributed by atoms with Gasteiger partial charge in [0.25, 0.3) is 0 Å². The number of hydrogen-bond donors (Lipinski definition) is 1. The van der Waals surface area contributed by atoms with Crippen LogP contribution in [-0.2, 0) is 6.54 Å². The minimum Gasteiger partial charge on any atom is -0.380 e. The van der Waals surface area contributed by atoms with Gasteiger partial charge in [0.15, 0.2) is 0 Å². The zero-order valence-corrected chi connectivity index (χ0v) is 10.6. The van der Waals surface area contributed by atoms with Crippen molar-refractivity contribution in [1.29, 1.82) is 5.26 Å². The zero-order chi connectivity index (χ0) is 13.0. The van der Waals surface area contributed by atoms with Crippen molar-refractivity contribution >= 4 is 5.69 Å². The Morgan fingerprint density at radius 1 is 1.28 bits per heavy atom. The fourth-order valence-electron chi connectivity index (χ4n) is 1.80. The van der Waals surface area contributed by atoms with Crippen LogP contribution in [-0.4, -0.2) is 4.98 Å². The van der Waals surface area contributed by atoms with Crippen LogP contribution >= 0.6 is 0 Å². The number of aromatic nitrogens is 1. The fraction of sp³-hybridized carbons (Fsp3) is 0.200. The summed E-state index contributed by atoms with van der Waals surface area (Å²) < 4.78 is 0. The second-order valence-electron chi connectivity index (χ2n) is 4.32. The Morgan fingerprint density at radius 3 is 2.83 bits per heavy atom. The molecule has 1 aromatic heterocycles. The second kappa shape index (κ2) is 5.33. The van der Waals surface area contributed by atoms with Gasteiger partial charge in [-0.05, 0) is 48.7 Å². The Kier molecular flexibility index (Phi) is 3.59. The quantitative estimate of drug-likeness (QED) is 0.891. The van der Waals surface area contributed by atoms with E-state index in [9.17, 15) is 0 Å². The minimum atomic E-state index is 0.682. The van der Waals surface area contributed by atoms with Crippen LogP contribution in [0.5, 0.6) is 0 Å². The molecule has 2 aromatic rings. The molecule has 3 nitrogen and oxygen atoms in total. The van der Waals surface area contributed by atoms with Crippen LogP contribution in [0.25, 0.3) is 0 Å². The third-order valence-corrected chi connectivity index (χ3v) is 2.90. The topological polar surface area (TPSA) is 48.7 Å². The normalized spacial score (nSPS) is 9.83. The molecule has 18 heavy (non-hydrogen) atoms. The first-order valence-corrected chi connectivity index (χ1v) is 5.85. The molecule has 0 aliphatic carbocycles. The molecule has 2 rings (SSSR count). The largest absolute Gasteiger partial charge is 0.380 e. The van der Waals surface area contributed by atoms with Crippen molar-refractivity contribution in [3.8, 4) is 6.07 Å². The van der Waals surface area contributed by atoms with Crippen LogP contribution in [0, 0.1) is 25.2 Å². The van der Waals surface area contributed by atoms with Gasteiger partial charge in [0.2, 0.25) is 0 Å². The lowest BCUT2D eigenvalue weighted by atomic mass is 10.1. The molecule has 0 saturated heterocycles. The van der Waals surface area contributed by atoms with Crippen molar-refractivity contribution in [2.45, 2.75) is 20.4 Å². The van der Waals surface area contributed by atoms with Gasteiger partial charge in [0.05, 0.1) is 11.3 Å². The summed E-state index contributed by atoms with van der Waals surface area (Å²) in [4.78, 5) is 4.07. The summed E-state index contributed by atoms with van der Waals surface area (Å²) in [6.45, 7) is 4.72. The highest BCUT2D eigenvalue weighted by Crippen LogP contribution is 2.17. The number of nitrogens with zero attached hydrogens (tertiary/aromatic N) is 2. The van der Waals surface area contributed by atoms with Crippen LogP contribution in [0.15, 0.2) is 36.7 Å². The minimum absolute atomic E-state index is 0.682. The molecule has 1 N–H and O–H groups in total. The van der Waals surface area contributed by atoms with E-state index in [4.69, 9.17) is 5.26 Å². The first-order chi connectivity index (χ1) is 8.70. The Bertz CT molecular complexity index is 597. The predicted octanol–water partition coefficient (Wildman–Crippen LogP) is 3.18. The first-order valence-electron chi connectivity index (χ1n) is 5.85. The van der Waals surface area contributed by atoms with E-state index in [0.717, 1.165) is 16.8 Å². The summed E-state index contributed by atoms with van der Waals surface area (Å²) in [6.07, 6.45) is 3.63. The number of hydrogen-bond acceptors (Lipinski definition) is 3. The standard InChI is InChI=1S/C15H15N3/c1-11-3-4-15(14(7-11)8-16)18-10-13-5-6-17-9-12(13)2/h3-7,9,18H,10H2,1-2H3. The Hall–Kier alpha value is -2.34. The van der Waals surface area contributed by atoms with E-state index in [1.165, 1.54) is 5.56 Å². The van der Waals surface area contributed by atoms with Crippen LogP contribution in [0.2, 0.25) is 0 Å². The molecule has 0 aliphatic heterocycles. The smallest absolute Gasteiger partial charge is 0.101 e. The molecule has 0 bridgehead atoms. The molecular formula is C15H15N3.